The molecule has 1 atom stereocenters. The Morgan fingerprint density at radius 2 is 1.91 bits per heavy atom. The summed E-state index contributed by atoms with van der Waals surface area (Å²) in [6.07, 6.45) is 1.86. The predicted octanol–water partition coefficient (Wildman–Crippen LogP) is 4.68. The van der Waals surface area contributed by atoms with Gasteiger partial charge in [0.15, 0.2) is 5.83 Å². The molecule has 1 saturated carbocycles. The largest absolute Gasteiger partial charge is 0.463 e. The molecule has 3 aliphatic heterocycles. The van der Waals surface area contributed by atoms with Gasteiger partial charge in [0.1, 0.15) is 23.8 Å². The number of hydrogen-bond acceptors (Lipinski definition) is 7. The van der Waals surface area contributed by atoms with Crippen molar-refractivity contribution in [3.8, 4) is 6.01 Å². The van der Waals surface area contributed by atoms with Crippen LogP contribution in [0.4, 0.5) is 24.7 Å². The number of nitrogens with zero attached hydrogens (tertiary/aromatic N) is 7. The van der Waals surface area contributed by atoms with Gasteiger partial charge in [0.2, 0.25) is 6.54 Å². The second-order valence-corrected chi connectivity index (χ2v) is 13.0. The van der Waals surface area contributed by atoms with Crippen LogP contribution in [-0.2, 0) is 17.8 Å². The number of rotatable bonds is 9. The number of hydrogen-bond donors (Lipinski definition) is 0. The van der Waals surface area contributed by atoms with Crippen LogP contribution in [-0.4, -0.2) is 96.9 Å². The van der Waals surface area contributed by atoms with E-state index in [1.54, 1.807) is 12.1 Å². The van der Waals surface area contributed by atoms with E-state index in [9.17, 15) is 18.0 Å². The van der Waals surface area contributed by atoms with Gasteiger partial charge in [-0.05, 0) is 42.8 Å². The van der Waals surface area contributed by atoms with Crippen LogP contribution >= 0.6 is 13.5 Å². The van der Waals surface area contributed by atoms with Crippen molar-refractivity contribution in [1.82, 2.24) is 19.8 Å². The molecule has 0 radical (unpaired) electrons. The van der Waals surface area contributed by atoms with Gasteiger partial charge in [-0.1, -0.05) is 24.8 Å². The summed E-state index contributed by atoms with van der Waals surface area (Å²) >= 11 is 0. The Morgan fingerprint density at radius 3 is 2.64 bits per heavy atom. The maximum Gasteiger partial charge on any atom is 0.318 e. The Bertz CT molecular complexity index is 1730. The molecule has 4 heterocycles. The van der Waals surface area contributed by atoms with E-state index in [1.807, 2.05) is 23.1 Å². The molecule has 0 spiro atoms. The summed E-state index contributed by atoms with van der Waals surface area (Å²) in [5, 5.41) is 1.77. The minimum Gasteiger partial charge on any atom is -0.463 e. The first-order valence-electron chi connectivity index (χ1n) is 15.8. The number of ether oxygens (including phenoxy) is 1. The van der Waals surface area contributed by atoms with Gasteiger partial charge in [0.05, 0.1) is 18.8 Å². The quantitative estimate of drug-likeness (QED) is 0.243. The lowest BCUT2D eigenvalue weighted by Gasteiger charge is -2.41. The van der Waals surface area contributed by atoms with E-state index in [1.165, 1.54) is 11.0 Å². The number of amides is 1. The molecule has 4 aliphatic rings. The van der Waals surface area contributed by atoms with Crippen molar-refractivity contribution in [3.05, 3.63) is 77.3 Å². The zero-order chi connectivity index (χ0) is 32.0. The molecule has 13 heteroatoms. The van der Waals surface area contributed by atoms with Crippen LogP contribution in [0.2, 0.25) is 0 Å². The first kappa shape index (κ1) is 32.9. The number of aromatic nitrogens is 2. The first-order valence-corrected chi connectivity index (χ1v) is 15.8. The minimum atomic E-state index is -1.04. The Hall–Kier alpha value is -4.02. The van der Waals surface area contributed by atoms with Gasteiger partial charge in [-0.25, -0.2) is 19.7 Å². The van der Waals surface area contributed by atoms with E-state index in [0.29, 0.717) is 58.1 Å². The highest BCUT2D eigenvalue weighted by molar-refractivity contribution is 7.59. The first-order chi connectivity index (χ1) is 22.2. The summed E-state index contributed by atoms with van der Waals surface area (Å²) in [7, 11) is 0. The molecule has 1 aliphatic carbocycles. The van der Waals surface area contributed by atoms with Crippen LogP contribution in [0.15, 0.2) is 48.8 Å². The lowest BCUT2D eigenvalue weighted by Crippen LogP contribution is -2.57. The number of anilines is 2. The van der Waals surface area contributed by atoms with Crippen LogP contribution in [0.3, 0.4) is 0 Å². The molecular formula is C34H38F3N7O2S. The summed E-state index contributed by atoms with van der Waals surface area (Å²) in [6, 6.07) is 10.4. The van der Waals surface area contributed by atoms with Crippen molar-refractivity contribution in [3.63, 3.8) is 0 Å². The van der Waals surface area contributed by atoms with E-state index in [0.717, 1.165) is 47.1 Å². The van der Waals surface area contributed by atoms with Gasteiger partial charge in [-0.3, -0.25) is 9.69 Å². The van der Waals surface area contributed by atoms with E-state index < -0.39 is 23.9 Å². The van der Waals surface area contributed by atoms with Crippen LogP contribution in [0.25, 0.3) is 15.6 Å². The second-order valence-electron chi connectivity index (χ2n) is 13.0. The highest BCUT2D eigenvalue weighted by Crippen LogP contribution is 2.47. The summed E-state index contributed by atoms with van der Waals surface area (Å²) in [5.74, 6) is -1.44. The number of piperazine rings is 1. The Kier molecular flexibility index (Phi) is 9.27. The molecule has 2 saturated heterocycles. The van der Waals surface area contributed by atoms with Gasteiger partial charge >= 0.3 is 6.01 Å². The zero-order valence-electron chi connectivity index (χ0n) is 26.1. The highest BCUT2D eigenvalue weighted by atomic mass is 32.1. The van der Waals surface area contributed by atoms with Crippen LogP contribution in [0.1, 0.15) is 24.1 Å². The minimum absolute atomic E-state index is 0. The summed E-state index contributed by atoms with van der Waals surface area (Å²) in [6.45, 7) is 14.8. The van der Waals surface area contributed by atoms with Crippen molar-refractivity contribution in [1.29, 1.82) is 0 Å². The van der Waals surface area contributed by atoms with Gasteiger partial charge in [-0.2, -0.15) is 23.5 Å². The smallest absolute Gasteiger partial charge is 0.318 e. The fourth-order valence-electron chi connectivity index (χ4n) is 7.01. The van der Waals surface area contributed by atoms with Crippen molar-refractivity contribution >= 4 is 41.7 Å². The van der Waals surface area contributed by atoms with Crippen LogP contribution < -0.4 is 14.5 Å². The maximum atomic E-state index is 14.3. The molecule has 248 valence electrons. The van der Waals surface area contributed by atoms with Gasteiger partial charge < -0.3 is 24.3 Å². The van der Waals surface area contributed by atoms with E-state index in [4.69, 9.17) is 21.3 Å². The summed E-state index contributed by atoms with van der Waals surface area (Å²) < 4.78 is 47.9. The number of carbonyl (C=O) groups excluding carboxylic acids is 1. The highest BCUT2D eigenvalue weighted by Gasteiger charge is 2.47. The standard InChI is InChI=1S/C34H36F3N7O2.H2S/c1-22(35)32(45)44-13-12-43(18-26(44)15-38-2)31-27-8-11-42(30-5-3-4-23-6-7-24(36)14-28(23)30)19-29(27)39-33(40-31)46-21-34(9-10-34)20-41-16-25(37)17-41;/h3-7,14,25-26H,1,8-13,15-21H2;1H2/t26-;/m0./s1. The Morgan fingerprint density at radius 1 is 1.11 bits per heavy atom. The second kappa shape index (κ2) is 13.2. The number of likely N-dealkylation sites (tertiary alicyclic amines) is 1. The molecule has 0 unspecified atom stereocenters. The summed E-state index contributed by atoms with van der Waals surface area (Å²) in [4.78, 5) is 33.6. The van der Waals surface area contributed by atoms with Crippen molar-refractivity contribution in [2.45, 2.75) is 38.0 Å². The molecule has 1 amide bonds. The topological polar surface area (TPSA) is 69.4 Å². The van der Waals surface area contributed by atoms with Crippen molar-refractivity contribution < 1.29 is 22.7 Å². The maximum absolute atomic E-state index is 14.3. The average molecular weight is 666 g/mol. The number of benzene rings is 2. The molecule has 3 aromatic rings. The fraction of sp³-hybridized carbons (Fsp3) is 0.471. The van der Waals surface area contributed by atoms with Crippen LogP contribution in [0, 0.1) is 17.8 Å². The van der Waals surface area contributed by atoms with E-state index >= 15 is 0 Å². The molecule has 47 heavy (non-hydrogen) atoms. The SMILES string of the molecule is S.[C-]#[N+]C[C@H]1CN(c2nc(OCC3(CN4CC(F)C4)CC3)nc3c2CCN(c2cccc4ccc(F)cc24)C3)CCN1C(=O)C(=C)F. The number of carbonyl (C=O) groups is 1. The zero-order valence-corrected chi connectivity index (χ0v) is 27.1. The van der Waals surface area contributed by atoms with E-state index in [-0.39, 0.29) is 43.8 Å². The Balaban J connectivity index is 0.00000386. The third-order valence-corrected chi connectivity index (χ3v) is 9.70. The number of alkyl halides is 1. The van der Waals surface area contributed by atoms with Crippen molar-refractivity contribution in [2.75, 3.05) is 68.8 Å². The molecule has 2 aromatic carbocycles. The third-order valence-electron chi connectivity index (χ3n) is 9.70. The monoisotopic (exact) mass is 665 g/mol. The molecule has 9 nitrogen and oxygen atoms in total. The van der Waals surface area contributed by atoms with Gasteiger partial charge in [0, 0.05) is 67.9 Å². The molecule has 7 rings (SSSR count). The normalized spacial score (nSPS) is 20.6. The Labute approximate surface area is 279 Å². The predicted molar refractivity (Wildman–Crippen MR) is 179 cm³/mol. The van der Waals surface area contributed by atoms with Gasteiger partial charge in [-0.15, -0.1) is 0 Å². The lowest BCUT2D eigenvalue weighted by atomic mass is 10.0. The molecular weight excluding hydrogens is 627 g/mol. The third kappa shape index (κ3) is 6.71. The fourth-order valence-corrected chi connectivity index (χ4v) is 7.01. The van der Waals surface area contributed by atoms with Crippen molar-refractivity contribution in [2.24, 2.45) is 5.41 Å². The van der Waals surface area contributed by atoms with Crippen LogP contribution in [0.5, 0.6) is 6.01 Å². The average Bonchev–Trinajstić information content (AvgIpc) is 3.81. The number of halogens is 3. The summed E-state index contributed by atoms with van der Waals surface area (Å²) in [5.41, 5.74) is 2.63. The van der Waals surface area contributed by atoms with Gasteiger partial charge in [0.25, 0.3) is 5.91 Å². The number of fused-ring (bicyclic) bond motifs is 2. The lowest BCUT2D eigenvalue weighted by molar-refractivity contribution is -0.131. The van der Waals surface area contributed by atoms with E-state index in [2.05, 4.69) is 21.2 Å². The molecule has 1 aromatic heterocycles. The molecule has 0 bridgehead atoms. The molecule has 3 fully saturated rings. The molecule has 0 N–H and O–H groups in total.